The minimum absolute atomic E-state index is 0.140. The van der Waals surface area contributed by atoms with E-state index >= 15 is 0 Å². The molecule has 2 aromatic carbocycles. The van der Waals surface area contributed by atoms with Crippen LogP contribution in [0.1, 0.15) is 22.8 Å². The average molecular weight is 339 g/mol. The Bertz CT molecular complexity index is 782. The summed E-state index contributed by atoms with van der Waals surface area (Å²) in [6.45, 7) is 1.40. The molecule has 23 heavy (non-hydrogen) atoms. The van der Waals surface area contributed by atoms with E-state index in [4.69, 9.17) is 17.3 Å². The first-order chi connectivity index (χ1) is 10.7. The van der Waals surface area contributed by atoms with Gasteiger partial charge in [-0.1, -0.05) is 23.7 Å². The Morgan fingerprint density at radius 3 is 2.39 bits per heavy atom. The summed E-state index contributed by atoms with van der Waals surface area (Å²) in [5.74, 6) is -3.84. The highest BCUT2D eigenvalue weighted by atomic mass is 35.5. The first-order valence-electron chi connectivity index (χ1n) is 6.57. The van der Waals surface area contributed by atoms with E-state index in [1.807, 2.05) is 0 Å². The smallest absolute Gasteiger partial charge is 0.252 e. The second-order valence-electron chi connectivity index (χ2n) is 5.08. The zero-order valence-corrected chi connectivity index (χ0v) is 12.8. The van der Waals surface area contributed by atoms with Crippen LogP contribution < -0.4 is 11.1 Å². The second kappa shape index (κ2) is 6.34. The third kappa shape index (κ3) is 3.48. The van der Waals surface area contributed by atoms with Crippen molar-refractivity contribution in [2.75, 3.05) is 0 Å². The number of carbonyl (C=O) groups excluding carboxylic acids is 2. The maximum absolute atomic E-state index is 13.2. The first kappa shape index (κ1) is 16.9. The highest BCUT2D eigenvalue weighted by molar-refractivity contribution is 6.30. The van der Waals surface area contributed by atoms with E-state index in [-0.39, 0.29) is 5.56 Å². The van der Waals surface area contributed by atoms with Crippen LogP contribution in [0.5, 0.6) is 0 Å². The predicted octanol–water partition coefficient (Wildman–Crippen LogP) is 2.75. The van der Waals surface area contributed by atoms with Gasteiger partial charge < -0.3 is 11.1 Å². The summed E-state index contributed by atoms with van der Waals surface area (Å²) in [6, 6.07) is 8.93. The number of hydrogen-bond acceptors (Lipinski definition) is 2. The van der Waals surface area contributed by atoms with Gasteiger partial charge >= 0.3 is 0 Å². The molecule has 0 saturated carbocycles. The number of carbonyl (C=O) groups is 2. The Labute approximate surface area is 136 Å². The highest BCUT2D eigenvalue weighted by Gasteiger charge is 2.35. The van der Waals surface area contributed by atoms with E-state index in [2.05, 4.69) is 5.32 Å². The van der Waals surface area contributed by atoms with Gasteiger partial charge in [0.1, 0.15) is 5.54 Å². The summed E-state index contributed by atoms with van der Waals surface area (Å²) in [5.41, 5.74) is 4.07. The van der Waals surface area contributed by atoms with Gasteiger partial charge in [0.05, 0.1) is 0 Å². The van der Waals surface area contributed by atoms with Crippen molar-refractivity contribution in [3.8, 4) is 0 Å². The van der Waals surface area contributed by atoms with Crippen LogP contribution >= 0.6 is 11.6 Å². The number of benzene rings is 2. The maximum Gasteiger partial charge on any atom is 0.252 e. The standard InChI is InChI=1S/C16H13ClF2N2O2/c1-16(15(20)23,10-3-2-4-11(17)8-10)21-14(22)9-5-6-12(18)13(19)7-9/h2-8H,1H3,(H2,20,23)(H,21,22). The lowest BCUT2D eigenvalue weighted by atomic mass is 9.90. The fraction of sp³-hybridized carbons (Fsp3) is 0.125. The molecule has 0 aromatic heterocycles. The predicted molar refractivity (Wildman–Crippen MR) is 81.8 cm³/mol. The molecule has 0 spiro atoms. The summed E-state index contributed by atoms with van der Waals surface area (Å²) in [6.07, 6.45) is 0. The zero-order chi connectivity index (χ0) is 17.2. The second-order valence-corrected chi connectivity index (χ2v) is 5.52. The van der Waals surface area contributed by atoms with Crippen LogP contribution in [0.4, 0.5) is 8.78 Å². The van der Waals surface area contributed by atoms with Crippen LogP contribution in [0, 0.1) is 11.6 Å². The number of primary amides is 1. The van der Waals surface area contributed by atoms with E-state index in [1.165, 1.54) is 13.0 Å². The van der Waals surface area contributed by atoms with Gasteiger partial charge in [0.25, 0.3) is 5.91 Å². The average Bonchev–Trinajstić information content (AvgIpc) is 2.49. The van der Waals surface area contributed by atoms with Crippen LogP contribution in [-0.4, -0.2) is 11.8 Å². The van der Waals surface area contributed by atoms with Gasteiger partial charge in [0, 0.05) is 10.6 Å². The van der Waals surface area contributed by atoms with Crippen molar-refractivity contribution in [1.29, 1.82) is 0 Å². The molecule has 120 valence electrons. The van der Waals surface area contributed by atoms with Crippen LogP contribution in [-0.2, 0) is 10.3 Å². The molecule has 1 atom stereocenters. The minimum atomic E-state index is -1.56. The molecule has 4 nitrogen and oxygen atoms in total. The lowest BCUT2D eigenvalue weighted by Gasteiger charge is -2.28. The van der Waals surface area contributed by atoms with Crippen LogP contribution in [0.3, 0.4) is 0 Å². The van der Waals surface area contributed by atoms with Gasteiger partial charge in [-0.05, 0) is 42.8 Å². The Morgan fingerprint density at radius 1 is 1.13 bits per heavy atom. The molecule has 0 aliphatic carbocycles. The number of amides is 2. The van der Waals surface area contributed by atoms with Crippen LogP contribution in [0.2, 0.25) is 5.02 Å². The van der Waals surface area contributed by atoms with Gasteiger partial charge in [0.2, 0.25) is 5.91 Å². The van der Waals surface area contributed by atoms with Gasteiger partial charge in [-0.25, -0.2) is 8.78 Å². The molecular weight excluding hydrogens is 326 g/mol. The SMILES string of the molecule is CC(NC(=O)c1ccc(F)c(F)c1)(C(N)=O)c1cccc(Cl)c1. The van der Waals surface area contributed by atoms with Crippen molar-refractivity contribution >= 4 is 23.4 Å². The van der Waals surface area contributed by atoms with Crippen LogP contribution in [0.25, 0.3) is 0 Å². The molecule has 2 rings (SSSR count). The lowest BCUT2D eigenvalue weighted by Crippen LogP contribution is -2.52. The maximum atomic E-state index is 13.2. The molecule has 2 aromatic rings. The monoisotopic (exact) mass is 338 g/mol. The Kier molecular flexibility index (Phi) is 4.65. The van der Waals surface area contributed by atoms with Crippen molar-refractivity contribution in [2.45, 2.75) is 12.5 Å². The number of halogens is 3. The van der Waals surface area contributed by atoms with Crippen molar-refractivity contribution in [2.24, 2.45) is 5.73 Å². The molecule has 7 heteroatoms. The van der Waals surface area contributed by atoms with Gasteiger partial charge in [-0.15, -0.1) is 0 Å². The molecule has 2 amide bonds. The Morgan fingerprint density at radius 2 is 1.83 bits per heavy atom. The molecule has 0 heterocycles. The molecule has 0 radical (unpaired) electrons. The van der Waals surface area contributed by atoms with E-state index in [0.29, 0.717) is 10.6 Å². The van der Waals surface area contributed by atoms with E-state index < -0.39 is 29.0 Å². The quantitative estimate of drug-likeness (QED) is 0.899. The van der Waals surface area contributed by atoms with Crippen LogP contribution in [0.15, 0.2) is 42.5 Å². The Hall–Kier alpha value is -2.47. The minimum Gasteiger partial charge on any atom is -0.367 e. The summed E-state index contributed by atoms with van der Waals surface area (Å²) in [4.78, 5) is 24.1. The lowest BCUT2D eigenvalue weighted by molar-refractivity contribution is -0.123. The zero-order valence-electron chi connectivity index (χ0n) is 12.1. The fourth-order valence-electron chi connectivity index (χ4n) is 2.01. The number of nitrogens with one attached hydrogen (secondary N) is 1. The van der Waals surface area contributed by atoms with Gasteiger partial charge in [-0.2, -0.15) is 0 Å². The number of rotatable bonds is 4. The van der Waals surface area contributed by atoms with Crippen molar-refractivity contribution < 1.29 is 18.4 Å². The third-order valence-corrected chi connectivity index (χ3v) is 3.68. The molecule has 0 saturated heterocycles. The summed E-state index contributed by atoms with van der Waals surface area (Å²) < 4.78 is 26.2. The van der Waals surface area contributed by atoms with Crippen molar-refractivity contribution in [3.05, 3.63) is 70.2 Å². The van der Waals surface area contributed by atoms with Gasteiger partial charge in [0.15, 0.2) is 11.6 Å². The van der Waals surface area contributed by atoms with Crippen molar-refractivity contribution in [3.63, 3.8) is 0 Å². The summed E-state index contributed by atoms with van der Waals surface area (Å²) in [5, 5.41) is 2.80. The van der Waals surface area contributed by atoms with E-state index in [1.54, 1.807) is 18.2 Å². The van der Waals surface area contributed by atoms with E-state index in [9.17, 15) is 18.4 Å². The fourth-order valence-corrected chi connectivity index (χ4v) is 2.20. The summed E-state index contributed by atoms with van der Waals surface area (Å²) >= 11 is 5.89. The van der Waals surface area contributed by atoms with Gasteiger partial charge in [-0.3, -0.25) is 9.59 Å². The largest absolute Gasteiger partial charge is 0.367 e. The Balaban J connectivity index is 2.37. The summed E-state index contributed by atoms with van der Waals surface area (Å²) in [7, 11) is 0. The highest BCUT2D eigenvalue weighted by Crippen LogP contribution is 2.24. The molecule has 1 unspecified atom stereocenters. The molecule has 0 aliphatic heterocycles. The number of hydrogen-bond donors (Lipinski definition) is 2. The van der Waals surface area contributed by atoms with Crippen molar-refractivity contribution in [1.82, 2.24) is 5.32 Å². The molecule has 0 bridgehead atoms. The molecule has 0 fully saturated rings. The molecule has 3 N–H and O–H groups in total. The normalized spacial score (nSPS) is 13.2. The third-order valence-electron chi connectivity index (χ3n) is 3.44. The van der Waals surface area contributed by atoms with E-state index in [0.717, 1.165) is 18.2 Å². The molecular formula is C16H13ClF2N2O2. The topological polar surface area (TPSA) is 72.2 Å². The first-order valence-corrected chi connectivity index (χ1v) is 6.95. The number of nitrogens with two attached hydrogens (primary N) is 1. The molecule has 0 aliphatic rings.